The van der Waals surface area contributed by atoms with Crippen molar-refractivity contribution in [3.05, 3.63) is 23.2 Å². The Morgan fingerprint density at radius 1 is 1.38 bits per heavy atom. The van der Waals surface area contributed by atoms with Crippen LogP contribution in [-0.4, -0.2) is 19.6 Å². The molecule has 1 aromatic carbocycles. The molecule has 0 unspecified atom stereocenters. The summed E-state index contributed by atoms with van der Waals surface area (Å²) in [6, 6.07) is 2.48. The number of halogens is 3. The Kier molecular flexibility index (Phi) is 6.16. The van der Waals surface area contributed by atoms with Crippen LogP contribution in [0.5, 0.6) is 5.75 Å². The van der Waals surface area contributed by atoms with Gasteiger partial charge >= 0.3 is 36.2 Å². The molecular formula is C7H4ClF2NaO4S. The van der Waals surface area contributed by atoms with Crippen LogP contribution in [0.3, 0.4) is 0 Å². The molecule has 84 valence electrons. The minimum absolute atomic E-state index is 0. The first-order chi connectivity index (χ1) is 6.80. The number of ether oxygens (including phenoxy) is 1. The maximum absolute atomic E-state index is 11.8. The zero-order valence-electron chi connectivity index (χ0n) is 7.98. The minimum Gasteiger partial charge on any atom is -0.744 e. The van der Waals surface area contributed by atoms with E-state index in [1.165, 1.54) is 0 Å². The number of benzene rings is 1. The first-order valence-electron chi connectivity index (χ1n) is 3.51. The van der Waals surface area contributed by atoms with Gasteiger partial charge in [0, 0.05) is 0 Å². The summed E-state index contributed by atoms with van der Waals surface area (Å²) in [7, 11) is -4.65. The van der Waals surface area contributed by atoms with E-state index in [1.54, 1.807) is 0 Å². The third-order valence-corrected chi connectivity index (χ3v) is 2.53. The van der Waals surface area contributed by atoms with E-state index in [0.29, 0.717) is 0 Å². The Morgan fingerprint density at radius 2 is 1.94 bits per heavy atom. The van der Waals surface area contributed by atoms with Gasteiger partial charge in [0.15, 0.2) is 0 Å². The van der Waals surface area contributed by atoms with Crippen molar-refractivity contribution in [1.82, 2.24) is 0 Å². The number of hydrogen-bond donors (Lipinski definition) is 0. The third kappa shape index (κ3) is 4.52. The van der Waals surface area contributed by atoms with E-state index in [2.05, 4.69) is 4.74 Å². The second-order valence-electron chi connectivity index (χ2n) is 2.42. The zero-order valence-corrected chi connectivity index (χ0v) is 11.6. The van der Waals surface area contributed by atoms with E-state index >= 15 is 0 Å². The summed E-state index contributed by atoms with van der Waals surface area (Å²) in [4.78, 5) is -0.603. The largest absolute Gasteiger partial charge is 1.00 e. The number of rotatable bonds is 3. The predicted octanol–water partition coefficient (Wildman–Crippen LogP) is -1.15. The van der Waals surface area contributed by atoms with Crippen molar-refractivity contribution in [2.75, 3.05) is 0 Å². The normalized spacial score (nSPS) is 11.1. The molecule has 4 nitrogen and oxygen atoms in total. The van der Waals surface area contributed by atoms with Crippen LogP contribution < -0.4 is 34.3 Å². The first-order valence-corrected chi connectivity index (χ1v) is 5.29. The molecule has 1 rings (SSSR count). The van der Waals surface area contributed by atoms with Gasteiger partial charge in [0.1, 0.15) is 15.9 Å². The van der Waals surface area contributed by atoms with Crippen molar-refractivity contribution in [3.8, 4) is 5.75 Å². The van der Waals surface area contributed by atoms with Gasteiger partial charge in [-0.1, -0.05) is 11.6 Å². The summed E-state index contributed by atoms with van der Waals surface area (Å²) in [5.41, 5.74) is 0. The summed E-state index contributed by atoms with van der Waals surface area (Å²) in [5, 5.41) is -0.368. The summed E-state index contributed by atoms with van der Waals surface area (Å²) < 4.78 is 59.0. The summed E-state index contributed by atoms with van der Waals surface area (Å²) >= 11 is 5.42. The molecule has 0 radical (unpaired) electrons. The van der Waals surface area contributed by atoms with Gasteiger partial charge in [0.25, 0.3) is 0 Å². The van der Waals surface area contributed by atoms with Crippen molar-refractivity contribution in [2.24, 2.45) is 0 Å². The van der Waals surface area contributed by atoms with Crippen molar-refractivity contribution >= 4 is 21.7 Å². The molecule has 0 atom stereocenters. The van der Waals surface area contributed by atoms with Crippen molar-refractivity contribution < 1.29 is 56.0 Å². The predicted molar refractivity (Wildman–Crippen MR) is 46.0 cm³/mol. The SMILES string of the molecule is O=S(=O)([O-])c1ccc(OC(F)F)c(Cl)c1.[Na+]. The van der Waals surface area contributed by atoms with Crippen molar-refractivity contribution in [3.63, 3.8) is 0 Å². The van der Waals surface area contributed by atoms with Crippen LogP contribution >= 0.6 is 11.6 Å². The standard InChI is InChI=1S/C7H5ClF2O4S.Na/c8-5-3-4(15(11,12)13)1-2-6(5)14-7(9)10;/h1-3,7H,(H,11,12,13);/q;+1/p-1. The molecule has 0 aliphatic carbocycles. The monoisotopic (exact) mass is 280 g/mol. The average molecular weight is 281 g/mol. The third-order valence-electron chi connectivity index (χ3n) is 1.41. The van der Waals surface area contributed by atoms with Gasteiger partial charge < -0.3 is 9.29 Å². The minimum atomic E-state index is -4.65. The van der Waals surface area contributed by atoms with Crippen LogP contribution in [0.1, 0.15) is 0 Å². The van der Waals surface area contributed by atoms with Gasteiger partial charge in [-0.15, -0.1) is 0 Å². The fraction of sp³-hybridized carbons (Fsp3) is 0.143. The molecule has 1 aromatic rings. The zero-order chi connectivity index (χ0) is 11.6. The van der Waals surface area contributed by atoms with Crippen LogP contribution in [0.2, 0.25) is 5.02 Å². The smallest absolute Gasteiger partial charge is 0.744 e. The summed E-state index contributed by atoms with van der Waals surface area (Å²) in [5.74, 6) is -0.390. The average Bonchev–Trinajstić information content (AvgIpc) is 2.05. The maximum Gasteiger partial charge on any atom is 1.00 e. The summed E-state index contributed by atoms with van der Waals surface area (Å²) in [6.45, 7) is -3.07. The fourth-order valence-corrected chi connectivity index (χ4v) is 1.62. The van der Waals surface area contributed by atoms with Crippen LogP contribution in [0, 0.1) is 0 Å². The van der Waals surface area contributed by atoms with E-state index < -0.39 is 21.6 Å². The van der Waals surface area contributed by atoms with Crippen molar-refractivity contribution in [1.29, 1.82) is 0 Å². The molecule has 9 heteroatoms. The molecule has 0 heterocycles. The molecule has 0 aliphatic rings. The molecule has 0 fully saturated rings. The van der Waals surface area contributed by atoms with Gasteiger partial charge in [0.05, 0.1) is 9.92 Å². The van der Waals surface area contributed by atoms with E-state index in [0.717, 1.165) is 18.2 Å². The Labute approximate surface area is 118 Å². The molecular weight excluding hydrogens is 277 g/mol. The van der Waals surface area contributed by atoms with Gasteiger partial charge in [-0.3, -0.25) is 0 Å². The number of hydrogen-bond acceptors (Lipinski definition) is 4. The van der Waals surface area contributed by atoms with Gasteiger partial charge in [0.2, 0.25) is 0 Å². The van der Waals surface area contributed by atoms with Crippen LogP contribution in [0.15, 0.2) is 23.1 Å². The second kappa shape index (κ2) is 6.13. The molecule has 0 saturated heterocycles. The van der Waals surface area contributed by atoms with Crippen LogP contribution in [-0.2, 0) is 10.1 Å². The van der Waals surface area contributed by atoms with E-state index in [-0.39, 0.29) is 40.3 Å². The fourth-order valence-electron chi connectivity index (χ4n) is 0.829. The summed E-state index contributed by atoms with van der Waals surface area (Å²) in [6.07, 6.45) is 0. The van der Waals surface area contributed by atoms with Gasteiger partial charge in [-0.25, -0.2) is 8.42 Å². The van der Waals surface area contributed by atoms with E-state index in [4.69, 9.17) is 11.6 Å². The Morgan fingerprint density at radius 3 is 2.31 bits per heavy atom. The van der Waals surface area contributed by atoms with E-state index in [9.17, 15) is 21.8 Å². The molecule has 0 aromatic heterocycles. The molecule has 0 saturated carbocycles. The quantitative estimate of drug-likeness (QED) is 0.518. The molecule has 0 amide bonds. The molecule has 16 heavy (non-hydrogen) atoms. The van der Waals surface area contributed by atoms with Gasteiger partial charge in [-0.05, 0) is 18.2 Å². The Bertz CT molecular complexity index is 465. The van der Waals surface area contributed by atoms with E-state index in [1.807, 2.05) is 0 Å². The van der Waals surface area contributed by atoms with Crippen molar-refractivity contribution in [2.45, 2.75) is 11.5 Å². The van der Waals surface area contributed by atoms with Gasteiger partial charge in [-0.2, -0.15) is 8.78 Å². The Hall–Kier alpha value is 0.0800. The molecule has 0 spiro atoms. The number of alkyl halides is 2. The topological polar surface area (TPSA) is 66.4 Å². The van der Waals surface area contributed by atoms with Crippen LogP contribution in [0.4, 0.5) is 8.78 Å². The maximum atomic E-state index is 11.8. The van der Waals surface area contributed by atoms with Crippen LogP contribution in [0.25, 0.3) is 0 Å². The Balaban J connectivity index is 0.00000225. The first kappa shape index (κ1) is 16.1. The molecule has 0 bridgehead atoms. The molecule has 0 N–H and O–H groups in total. The molecule has 0 aliphatic heterocycles. The second-order valence-corrected chi connectivity index (χ2v) is 4.21.